The van der Waals surface area contributed by atoms with Gasteiger partial charge in [-0.1, -0.05) is 0 Å². The highest BCUT2D eigenvalue weighted by Crippen LogP contribution is 2.35. The van der Waals surface area contributed by atoms with Gasteiger partial charge in [-0.25, -0.2) is 0 Å². The number of aromatic amines is 1. The van der Waals surface area contributed by atoms with Gasteiger partial charge in [0.1, 0.15) is 0 Å². The quantitative estimate of drug-likeness (QED) is 0.740. The van der Waals surface area contributed by atoms with Crippen molar-refractivity contribution in [3.8, 4) is 0 Å². The van der Waals surface area contributed by atoms with Crippen LogP contribution in [0, 0.1) is 6.92 Å². The second kappa shape index (κ2) is 4.24. The number of amides is 1. The molecule has 1 aliphatic carbocycles. The monoisotopic (exact) mass is 236 g/mol. The van der Waals surface area contributed by atoms with Crippen LogP contribution in [-0.2, 0) is 4.79 Å². The molecule has 0 aliphatic heterocycles. The van der Waals surface area contributed by atoms with Gasteiger partial charge in [-0.3, -0.25) is 9.59 Å². The zero-order valence-corrected chi connectivity index (χ0v) is 9.75. The van der Waals surface area contributed by atoms with E-state index in [4.69, 9.17) is 5.11 Å². The molecule has 1 fully saturated rings. The number of carboxylic acids is 1. The fourth-order valence-corrected chi connectivity index (χ4v) is 2.23. The van der Waals surface area contributed by atoms with Crippen molar-refractivity contribution in [1.82, 2.24) is 10.3 Å². The summed E-state index contributed by atoms with van der Waals surface area (Å²) in [5.74, 6) is -1.06. The summed E-state index contributed by atoms with van der Waals surface area (Å²) < 4.78 is 0. The maximum atomic E-state index is 12.0. The van der Waals surface area contributed by atoms with Crippen LogP contribution in [0.3, 0.4) is 0 Å². The maximum absolute atomic E-state index is 12.0. The first kappa shape index (κ1) is 11.7. The zero-order valence-electron chi connectivity index (χ0n) is 9.75. The van der Waals surface area contributed by atoms with Crippen LogP contribution in [0.25, 0.3) is 0 Å². The number of aryl methyl sites for hydroxylation is 1. The van der Waals surface area contributed by atoms with E-state index in [0.717, 1.165) is 24.8 Å². The largest absolute Gasteiger partial charge is 0.481 e. The molecule has 5 heteroatoms. The van der Waals surface area contributed by atoms with E-state index in [0.29, 0.717) is 5.56 Å². The molecule has 0 saturated heterocycles. The number of carboxylic acid groups (broad SMARTS) is 1. The topological polar surface area (TPSA) is 82.2 Å². The summed E-state index contributed by atoms with van der Waals surface area (Å²) in [6.45, 7) is 1.84. The van der Waals surface area contributed by atoms with Gasteiger partial charge in [-0.05, 0) is 31.7 Å². The minimum absolute atomic E-state index is 0.00219. The van der Waals surface area contributed by atoms with Crippen molar-refractivity contribution in [2.24, 2.45) is 0 Å². The van der Waals surface area contributed by atoms with Crippen molar-refractivity contribution in [2.75, 3.05) is 0 Å². The van der Waals surface area contributed by atoms with Gasteiger partial charge in [0.15, 0.2) is 0 Å². The van der Waals surface area contributed by atoms with E-state index < -0.39 is 11.5 Å². The molecule has 0 unspecified atom stereocenters. The molecule has 3 N–H and O–H groups in total. The summed E-state index contributed by atoms with van der Waals surface area (Å²) in [6.07, 6.45) is 5.85. The Morgan fingerprint density at radius 2 is 2.18 bits per heavy atom. The van der Waals surface area contributed by atoms with Crippen LogP contribution in [0.5, 0.6) is 0 Å². The van der Waals surface area contributed by atoms with E-state index in [9.17, 15) is 9.59 Å². The van der Waals surface area contributed by atoms with Crippen LogP contribution < -0.4 is 5.32 Å². The molecule has 0 aromatic carbocycles. The molecular weight excluding hydrogens is 220 g/mol. The predicted octanol–water partition coefficient (Wildman–Crippen LogP) is 1.45. The molecule has 1 aliphatic rings. The van der Waals surface area contributed by atoms with E-state index >= 15 is 0 Å². The highest BCUT2D eigenvalue weighted by atomic mass is 16.4. The van der Waals surface area contributed by atoms with Crippen molar-refractivity contribution in [2.45, 2.75) is 38.1 Å². The Kier molecular flexibility index (Phi) is 2.92. The average molecular weight is 236 g/mol. The Balaban J connectivity index is 2.07. The summed E-state index contributed by atoms with van der Waals surface area (Å²) >= 11 is 0. The van der Waals surface area contributed by atoms with Gasteiger partial charge in [-0.2, -0.15) is 0 Å². The molecule has 0 radical (unpaired) electrons. The summed E-state index contributed by atoms with van der Waals surface area (Å²) in [7, 11) is 0. The standard InChI is InChI=1S/C12H16N2O3/c1-8-6-13-7-9(8)11(17)14-12(3-2-4-12)5-10(15)16/h6-7,13H,2-5H2,1H3,(H,14,17)(H,15,16). The zero-order chi connectivity index (χ0) is 12.5. The fraction of sp³-hybridized carbons (Fsp3) is 0.500. The molecule has 0 bridgehead atoms. The van der Waals surface area contributed by atoms with Crippen LogP contribution in [0.15, 0.2) is 12.4 Å². The van der Waals surface area contributed by atoms with Crippen molar-refractivity contribution in [1.29, 1.82) is 0 Å². The molecule has 1 aromatic heterocycles. The smallest absolute Gasteiger partial charge is 0.305 e. The van der Waals surface area contributed by atoms with E-state index in [1.54, 1.807) is 12.4 Å². The molecule has 17 heavy (non-hydrogen) atoms. The lowest BCUT2D eigenvalue weighted by atomic mass is 9.74. The second-order valence-electron chi connectivity index (χ2n) is 4.71. The number of hydrogen-bond donors (Lipinski definition) is 3. The third kappa shape index (κ3) is 2.33. The van der Waals surface area contributed by atoms with Crippen LogP contribution in [0.4, 0.5) is 0 Å². The van der Waals surface area contributed by atoms with Crippen molar-refractivity contribution >= 4 is 11.9 Å². The Hall–Kier alpha value is -1.78. The third-order valence-corrected chi connectivity index (χ3v) is 3.38. The first-order chi connectivity index (χ1) is 8.02. The van der Waals surface area contributed by atoms with E-state index in [1.165, 1.54) is 0 Å². The van der Waals surface area contributed by atoms with Crippen LogP contribution in [0.2, 0.25) is 0 Å². The molecular formula is C12H16N2O3. The highest BCUT2D eigenvalue weighted by molar-refractivity contribution is 5.96. The van der Waals surface area contributed by atoms with E-state index in [-0.39, 0.29) is 12.3 Å². The predicted molar refractivity (Wildman–Crippen MR) is 61.8 cm³/mol. The minimum atomic E-state index is -0.865. The lowest BCUT2D eigenvalue weighted by Crippen LogP contribution is -2.54. The number of carbonyl (C=O) groups is 2. The Labute approximate surface area is 99.2 Å². The van der Waals surface area contributed by atoms with Crippen molar-refractivity contribution in [3.63, 3.8) is 0 Å². The normalized spacial score (nSPS) is 17.2. The Morgan fingerprint density at radius 1 is 1.47 bits per heavy atom. The SMILES string of the molecule is Cc1c[nH]cc1C(=O)NC1(CC(=O)O)CCC1. The number of nitrogens with one attached hydrogen (secondary N) is 2. The molecule has 92 valence electrons. The summed E-state index contributed by atoms with van der Waals surface area (Å²) in [5, 5.41) is 11.7. The van der Waals surface area contributed by atoms with E-state index in [2.05, 4.69) is 10.3 Å². The van der Waals surface area contributed by atoms with E-state index in [1.807, 2.05) is 6.92 Å². The minimum Gasteiger partial charge on any atom is -0.481 e. The molecule has 1 aromatic rings. The number of aliphatic carboxylic acids is 1. The number of hydrogen-bond acceptors (Lipinski definition) is 2. The molecule has 0 atom stereocenters. The van der Waals surface area contributed by atoms with Crippen LogP contribution in [-0.4, -0.2) is 27.5 Å². The molecule has 2 rings (SSSR count). The molecule has 1 amide bonds. The molecule has 1 saturated carbocycles. The maximum Gasteiger partial charge on any atom is 0.305 e. The van der Waals surface area contributed by atoms with Gasteiger partial charge in [0.25, 0.3) is 5.91 Å². The van der Waals surface area contributed by atoms with Gasteiger partial charge < -0.3 is 15.4 Å². The summed E-state index contributed by atoms with van der Waals surface area (Å²) in [4.78, 5) is 25.6. The summed E-state index contributed by atoms with van der Waals surface area (Å²) in [5.41, 5.74) is 0.918. The van der Waals surface area contributed by atoms with Gasteiger partial charge in [0.05, 0.1) is 17.5 Å². The second-order valence-corrected chi connectivity index (χ2v) is 4.71. The fourth-order valence-electron chi connectivity index (χ4n) is 2.23. The first-order valence-electron chi connectivity index (χ1n) is 5.70. The number of H-pyrrole nitrogens is 1. The Bertz CT molecular complexity index is 446. The van der Waals surface area contributed by atoms with Crippen molar-refractivity contribution in [3.05, 3.63) is 23.5 Å². The van der Waals surface area contributed by atoms with Gasteiger partial charge in [-0.15, -0.1) is 0 Å². The number of carbonyl (C=O) groups excluding carboxylic acids is 1. The van der Waals surface area contributed by atoms with Gasteiger partial charge in [0.2, 0.25) is 0 Å². The van der Waals surface area contributed by atoms with Gasteiger partial charge >= 0.3 is 5.97 Å². The van der Waals surface area contributed by atoms with Gasteiger partial charge in [0, 0.05) is 12.4 Å². The number of rotatable bonds is 4. The number of aromatic nitrogens is 1. The third-order valence-electron chi connectivity index (χ3n) is 3.38. The molecule has 1 heterocycles. The van der Waals surface area contributed by atoms with Crippen molar-refractivity contribution < 1.29 is 14.7 Å². The Morgan fingerprint density at radius 3 is 2.59 bits per heavy atom. The lowest BCUT2D eigenvalue weighted by molar-refractivity contribution is -0.139. The first-order valence-corrected chi connectivity index (χ1v) is 5.70. The highest BCUT2D eigenvalue weighted by Gasteiger charge is 2.40. The van der Waals surface area contributed by atoms with Crippen LogP contribution in [0.1, 0.15) is 41.6 Å². The molecule has 5 nitrogen and oxygen atoms in total. The average Bonchev–Trinajstić information content (AvgIpc) is 2.60. The van der Waals surface area contributed by atoms with Crippen LogP contribution >= 0.6 is 0 Å². The summed E-state index contributed by atoms with van der Waals surface area (Å²) in [6, 6.07) is 0. The lowest BCUT2D eigenvalue weighted by Gasteiger charge is -2.41. The molecule has 0 spiro atoms.